The van der Waals surface area contributed by atoms with Crippen molar-refractivity contribution in [2.24, 2.45) is 0 Å². The van der Waals surface area contributed by atoms with E-state index in [1.54, 1.807) is 12.1 Å². The number of sulfonamides is 1. The van der Waals surface area contributed by atoms with Crippen LogP contribution >= 0.6 is 0 Å². The van der Waals surface area contributed by atoms with Crippen LogP contribution in [0.15, 0.2) is 47.4 Å². The smallest absolute Gasteiger partial charge is 0.269 e. The Balaban J connectivity index is 1.56. The molecule has 2 aromatic rings. The lowest BCUT2D eigenvalue weighted by Crippen LogP contribution is -2.32. The predicted molar refractivity (Wildman–Crippen MR) is 106 cm³/mol. The van der Waals surface area contributed by atoms with Crippen molar-refractivity contribution in [2.75, 3.05) is 6.54 Å². The molecule has 1 atom stereocenters. The Labute approximate surface area is 165 Å². The van der Waals surface area contributed by atoms with Crippen molar-refractivity contribution in [3.63, 3.8) is 0 Å². The lowest BCUT2D eigenvalue weighted by Gasteiger charge is -2.17. The topological polar surface area (TPSA) is 83.6 Å². The van der Waals surface area contributed by atoms with E-state index in [1.807, 2.05) is 39.0 Å². The van der Waals surface area contributed by atoms with E-state index in [0.29, 0.717) is 0 Å². The normalized spacial score (nSPS) is 16.0. The van der Waals surface area contributed by atoms with Gasteiger partial charge in [0.15, 0.2) is 0 Å². The highest BCUT2D eigenvalue weighted by Gasteiger charge is 2.40. The van der Waals surface area contributed by atoms with Gasteiger partial charge < -0.3 is 5.32 Å². The zero-order chi connectivity index (χ0) is 20.5. The molecule has 2 aromatic carbocycles. The molecule has 7 heteroatoms. The molecule has 28 heavy (non-hydrogen) atoms. The van der Waals surface area contributed by atoms with E-state index < -0.39 is 15.9 Å². The first kappa shape index (κ1) is 20.1. The molecule has 2 amide bonds. The molecule has 0 aliphatic carbocycles. The summed E-state index contributed by atoms with van der Waals surface area (Å²) in [5.74, 6) is -0.702. The molecule has 1 heterocycles. The maximum atomic E-state index is 12.5. The number of nitrogens with zero attached hydrogens (tertiary/aromatic N) is 1. The van der Waals surface area contributed by atoms with Crippen LogP contribution in [0.2, 0.25) is 0 Å². The van der Waals surface area contributed by atoms with Crippen molar-refractivity contribution in [1.29, 1.82) is 0 Å². The molecule has 0 aromatic heterocycles. The molecule has 6 nitrogen and oxygen atoms in total. The van der Waals surface area contributed by atoms with Gasteiger partial charge in [-0.15, -0.1) is 0 Å². The van der Waals surface area contributed by atoms with Crippen LogP contribution in [0.1, 0.15) is 52.9 Å². The molecule has 0 saturated heterocycles. The Bertz CT molecular complexity index is 1030. The average Bonchev–Trinajstić information content (AvgIpc) is 2.85. The number of nitrogens with one attached hydrogen (secondary N) is 1. The molecular weight excluding hydrogens is 376 g/mol. The molecule has 0 bridgehead atoms. The SMILES string of the molecule is Cc1ccc([C@H](C)NC(=O)CCCN2C(=O)c3ccccc3S2(=O)=O)cc1C. The maximum absolute atomic E-state index is 12.5. The number of rotatable bonds is 6. The number of amides is 2. The predicted octanol–water partition coefficient (Wildman–Crippen LogP) is 3.11. The fourth-order valence-electron chi connectivity index (χ4n) is 3.27. The van der Waals surface area contributed by atoms with E-state index >= 15 is 0 Å². The zero-order valence-electron chi connectivity index (χ0n) is 16.2. The molecule has 0 unspecified atom stereocenters. The van der Waals surface area contributed by atoms with Crippen LogP contribution in [-0.2, 0) is 14.8 Å². The molecular formula is C21H24N2O4S. The van der Waals surface area contributed by atoms with Crippen LogP contribution in [0, 0.1) is 13.8 Å². The van der Waals surface area contributed by atoms with Crippen molar-refractivity contribution < 1.29 is 18.0 Å². The largest absolute Gasteiger partial charge is 0.350 e. The van der Waals surface area contributed by atoms with Gasteiger partial charge in [0, 0.05) is 13.0 Å². The van der Waals surface area contributed by atoms with E-state index in [-0.39, 0.29) is 41.8 Å². The van der Waals surface area contributed by atoms with E-state index in [1.165, 1.54) is 17.7 Å². The van der Waals surface area contributed by atoms with Gasteiger partial charge in [-0.25, -0.2) is 12.7 Å². The summed E-state index contributed by atoms with van der Waals surface area (Å²) in [6.07, 6.45) is 0.412. The fraction of sp³-hybridized carbons (Fsp3) is 0.333. The van der Waals surface area contributed by atoms with Crippen molar-refractivity contribution in [3.05, 3.63) is 64.7 Å². The van der Waals surface area contributed by atoms with Gasteiger partial charge in [0.05, 0.1) is 11.6 Å². The maximum Gasteiger partial charge on any atom is 0.269 e. The second-order valence-electron chi connectivity index (χ2n) is 7.11. The highest BCUT2D eigenvalue weighted by molar-refractivity contribution is 7.90. The highest BCUT2D eigenvalue weighted by Crippen LogP contribution is 2.30. The molecule has 0 radical (unpaired) electrons. The van der Waals surface area contributed by atoms with Gasteiger partial charge in [-0.2, -0.15) is 0 Å². The Kier molecular flexibility index (Phi) is 5.56. The van der Waals surface area contributed by atoms with Crippen LogP contribution in [0.4, 0.5) is 0 Å². The minimum absolute atomic E-state index is 0.0126. The monoisotopic (exact) mass is 400 g/mol. The van der Waals surface area contributed by atoms with Crippen molar-refractivity contribution >= 4 is 21.8 Å². The molecule has 148 valence electrons. The van der Waals surface area contributed by atoms with Gasteiger partial charge in [-0.3, -0.25) is 9.59 Å². The summed E-state index contributed by atoms with van der Waals surface area (Å²) in [6.45, 7) is 5.96. The summed E-state index contributed by atoms with van der Waals surface area (Å²) in [6, 6.07) is 12.1. The van der Waals surface area contributed by atoms with Crippen LogP contribution in [-0.4, -0.2) is 31.1 Å². The van der Waals surface area contributed by atoms with Crippen molar-refractivity contribution in [2.45, 2.75) is 44.6 Å². The first-order chi connectivity index (χ1) is 13.2. The Hall–Kier alpha value is -2.67. The van der Waals surface area contributed by atoms with Crippen molar-refractivity contribution in [1.82, 2.24) is 9.62 Å². The number of hydrogen-bond donors (Lipinski definition) is 1. The number of carbonyl (C=O) groups excluding carboxylic acids is 2. The average molecular weight is 401 g/mol. The van der Waals surface area contributed by atoms with Gasteiger partial charge in [0.1, 0.15) is 4.90 Å². The van der Waals surface area contributed by atoms with Gasteiger partial charge >= 0.3 is 0 Å². The van der Waals surface area contributed by atoms with E-state index in [0.717, 1.165) is 15.4 Å². The highest BCUT2D eigenvalue weighted by atomic mass is 32.2. The van der Waals surface area contributed by atoms with Crippen LogP contribution in [0.25, 0.3) is 0 Å². The number of benzene rings is 2. The summed E-state index contributed by atoms with van der Waals surface area (Å²) in [7, 11) is -3.82. The van der Waals surface area contributed by atoms with Crippen LogP contribution in [0.5, 0.6) is 0 Å². The number of carbonyl (C=O) groups is 2. The Morgan fingerprint density at radius 3 is 2.50 bits per heavy atom. The van der Waals surface area contributed by atoms with Crippen molar-refractivity contribution in [3.8, 4) is 0 Å². The molecule has 1 aliphatic heterocycles. The van der Waals surface area contributed by atoms with Gasteiger partial charge in [-0.1, -0.05) is 30.3 Å². The lowest BCUT2D eigenvalue weighted by molar-refractivity contribution is -0.121. The minimum Gasteiger partial charge on any atom is -0.350 e. The summed E-state index contributed by atoms with van der Waals surface area (Å²) in [4.78, 5) is 24.6. The molecule has 0 saturated carbocycles. The fourth-order valence-corrected chi connectivity index (χ4v) is 4.87. The molecule has 0 spiro atoms. The third-order valence-electron chi connectivity index (χ3n) is 5.09. The van der Waals surface area contributed by atoms with Crippen LogP contribution in [0.3, 0.4) is 0 Å². The van der Waals surface area contributed by atoms with Crippen LogP contribution < -0.4 is 5.32 Å². The van der Waals surface area contributed by atoms with Gasteiger partial charge in [0.2, 0.25) is 5.91 Å². The number of hydrogen-bond acceptors (Lipinski definition) is 4. The minimum atomic E-state index is -3.82. The van der Waals surface area contributed by atoms with E-state index in [4.69, 9.17) is 0 Å². The lowest BCUT2D eigenvalue weighted by atomic mass is 10.0. The molecule has 1 aliphatic rings. The standard InChI is InChI=1S/C21H24N2O4S/c1-14-10-11-17(13-15(14)2)16(3)22-20(24)9-6-12-23-21(25)18-7-4-5-8-19(18)28(23,26)27/h4-5,7-8,10-11,13,16H,6,9,12H2,1-3H3,(H,22,24)/t16-/m0/s1. The second kappa shape index (κ2) is 7.75. The quantitative estimate of drug-likeness (QED) is 0.808. The van der Waals surface area contributed by atoms with Gasteiger partial charge in [0.25, 0.3) is 15.9 Å². The van der Waals surface area contributed by atoms with Gasteiger partial charge in [-0.05, 0) is 56.0 Å². The summed E-state index contributed by atoms with van der Waals surface area (Å²) in [5.41, 5.74) is 3.56. The molecule has 0 fully saturated rings. The zero-order valence-corrected chi connectivity index (χ0v) is 17.0. The molecule has 1 N–H and O–H groups in total. The summed E-state index contributed by atoms with van der Waals surface area (Å²) < 4.78 is 25.9. The Morgan fingerprint density at radius 2 is 1.82 bits per heavy atom. The third-order valence-corrected chi connectivity index (χ3v) is 6.93. The van der Waals surface area contributed by atoms with E-state index in [9.17, 15) is 18.0 Å². The number of aryl methyl sites for hydroxylation is 2. The first-order valence-corrected chi connectivity index (χ1v) is 10.7. The second-order valence-corrected chi connectivity index (χ2v) is 8.95. The Morgan fingerprint density at radius 1 is 1.11 bits per heavy atom. The first-order valence-electron chi connectivity index (χ1n) is 9.24. The van der Waals surface area contributed by atoms with E-state index in [2.05, 4.69) is 5.32 Å². The summed E-state index contributed by atoms with van der Waals surface area (Å²) in [5, 5.41) is 2.93. The summed E-state index contributed by atoms with van der Waals surface area (Å²) >= 11 is 0. The number of fused-ring (bicyclic) bond motifs is 1. The third kappa shape index (κ3) is 3.80. The molecule has 3 rings (SSSR count).